The Morgan fingerprint density at radius 3 is 2.72 bits per heavy atom. The van der Waals surface area contributed by atoms with Crippen molar-refractivity contribution >= 4 is 33.4 Å². The summed E-state index contributed by atoms with van der Waals surface area (Å²) in [5, 5.41) is 0.644. The van der Waals surface area contributed by atoms with Gasteiger partial charge in [0.1, 0.15) is 5.84 Å². The number of rotatable bonds is 2. The molecule has 0 saturated heterocycles. The molecule has 1 saturated carbocycles. The molecule has 1 aromatic carbocycles. The van der Waals surface area contributed by atoms with E-state index in [9.17, 15) is 0 Å². The maximum Gasteiger partial charge on any atom is 0.144 e. The summed E-state index contributed by atoms with van der Waals surface area (Å²) in [6.45, 7) is 0. The summed E-state index contributed by atoms with van der Waals surface area (Å²) in [7, 11) is 0. The molecule has 1 aromatic rings. The zero-order valence-corrected chi connectivity index (χ0v) is 12.5. The first-order valence-corrected chi connectivity index (χ1v) is 7.38. The van der Waals surface area contributed by atoms with Crippen molar-refractivity contribution < 1.29 is 0 Å². The van der Waals surface area contributed by atoms with Crippen molar-refractivity contribution in [1.29, 1.82) is 0 Å². The van der Waals surface area contributed by atoms with Crippen LogP contribution in [0.2, 0.25) is 5.02 Å². The quantitative estimate of drug-likeness (QED) is 0.376. The Kier molecular flexibility index (Phi) is 5.03. The van der Waals surface area contributed by atoms with Gasteiger partial charge in [-0.05, 0) is 40.9 Å². The van der Waals surface area contributed by atoms with Gasteiger partial charge in [-0.3, -0.25) is 4.99 Å². The molecule has 0 aromatic heterocycles. The van der Waals surface area contributed by atoms with Gasteiger partial charge in [0, 0.05) is 10.0 Å². The van der Waals surface area contributed by atoms with Crippen LogP contribution in [0.5, 0.6) is 0 Å². The fourth-order valence-electron chi connectivity index (χ4n) is 2.26. The van der Waals surface area contributed by atoms with Crippen LogP contribution in [-0.2, 0) is 0 Å². The number of amidine groups is 1. The van der Waals surface area contributed by atoms with Crippen LogP contribution in [0.4, 0.5) is 0 Å². The zero-order chi connectivity index (χ0) is 13.0. The summed E-state index contributed by atoms with van der Waals surface area (Å²) >= 11 is 9.67. The predicted octanol–water partition coefficient (Wildman–Crippen LogP) is 3.65. The fraction of sp³-hybridized carbons (Fsp3) is 0.462. The number of hydrogen-bond donors (Lipinski definition) is 2. The zero-order valence-electron chi connectivity index (χ0n) is 10.1. The van der Waals surface area contributed by atoms with Gasteiger partial charge in [-0.2, -0.15) is 0 Å². The van der Waals surface area contributed by atoms with Gasteiger partial charge in [-0.15, -0.1) is 0 Å². The predicted molar refractivity (Wildman–Crippen MR) is 79.9 cm³/mol. The van der Waals surface area contributed by atoms with Crippen LogP contribution in [0.1, 0.15) is 37.7 Å². The lowest BCUT2D eigenvalue weighted by molar-refractivity contribution is 0.442. The average molecular weight is 331 g/mol. The smallest absolute Gasteiger partial charge is 0.144 e. The monoisotopic (exact) mass is 329 g/mol. The van der Waals surface area contributed by atoms with Gasteiger partial charge < -0.3 is 5.43 Å². The lowest BCUT2D eigenvalue weighted by Gasteiger charge is -2.19. The number of nitrogens with one attached hydrogen (secondary N) is 1. The van der Waals surface area contributed by atoms with Crippen LogP contribution in [0.25, 0.3) is 0 Å². The molecule has 0 spiro atoms. The molecule has 0 aliphatic heterocycles. The van der Waals surface area contributed by atoms with E-state index in [0.29, 0.717) is 16.9 Å². The largest absolute Gasteiger partial charge is 0.308 e. The summed E-state index contributed by atoms with van der Waals surface area (Å²) in [5.41, 5.74) is 3.52. The average Bonchev–Trinajstić information content (AvgIpc) is 2.41. The molecule has 98 valence electrons. The van der Waals surface area contributed by atoms with Gasteiger partial charge in [0.2, 0.25) is 0 Å². The van der Waals surface area contributed by atoms with E-state index >= 15 is 0 Å². The first kappa shape index (κ1) is 13.8. The third kappa shape index (κ3) is 3.25. The van der Waals surface area contributed by atoms with Crippen LogP contribution in [0, 0.1) is 0 Å². The van der Waals surface area contributed by atoms with E-state index < -0.39 is 0 Å². The maximum atomic E-state index is 6.26. The molecule has 3 N–H and O–H groups in total. The van der Waals surface area contributed by atoms with Crippen molar-refractivity contribution in [1.82, 2.24) is 5.43 Å². The lowest BCUT2D eigenvalue weighted by Crippen LogP contribution is -2.33. The van der Waals surface area contributed by atoms with Crippen LogP contribution in [0.15, 0.2) is 27.7 Å². The second-order valence-corrected chi connectivity index (χ2v) is 5.75. The van der Waals surface area contributed by atoms with Crippen molar-refractivity contribution in [3.8, 4) is 0 Å². The van der Waals surface area contributed by atoms with Crippen LogP contribution in [-0.4, -0.2) is 11.9 Å². The molecule has 1 aliphatic carbocycles. The SMILES string of the molecule is NNC(=NC1CCCCC1)c1cccc(Br)c1Cl. The number of nitrogens with two attached hydrogens (primary N) is 1. The summed E-state index contributed by atoms with van der Waals surface area (Å²) in [6, 6.07) is 6.12. The molecule has 1 fully saturated rings. The molecule has 5 heteroatoms. The molecule has 18 heavy (non-hydrogen) atoms. The van der Waals surface area contributed by atoms with Crippen LogP contribution >= 0.6 is 27.5 Å². The molecule has 1 aliphatic rings. The van der Waals surface area contributed by atoms with Crippen molar-refractivity contribution in [3.63, 3.8) is 0 Å². The van der Waals surface area contributed by atoms with Gasteiger partial charge in [-0.25, -0.2) is 5.84 Å². The summed E-state index contributed by atoms with van der Waals surface area (Å²) < 4.78 is 0.855. The maximum absolute atomic E-state index is 6.26. The normalized spacial score (nSPS) is 17.8. The first-order chi connectivity index (χ1) is 8.72. The molecular formula is C13H17BrClN3. The van der Waals surface area contributed by atoms with E-state index in [1.165, 1.54) is 19.3 Å². The Labute approximate surface area is 121 Å². The van der Waals surface area contributed by atoms with Crippen LogP contribution in [0.3, 0.4) is 0 Å². The number of aliphatic imine (C=N–C) groups is 1. The standard InChI is InChI=1S/C13H17BrClN3/c14-11-8-4-7-10(12(11)15)13(18-16)17-9-5-2-1-3-6-9/h4,7-9H,1-3,5-6,16H2,(H,17,18). The molecule has 0 bridgehead atoms. The minimum atomic E-state index is 0.361. The minimum Gasteiger partial charge on any atom is -0.308 e. The third-order valence-corrected chi connectivity index (χ3v) is 4.53. The van der Waals surface area contributed by atoms with E-state index in [2.05, 4.69) is 21.4 Å². The number of hydrogen-bond acceptors (Lipinski definition) is 2. The molecule has 0 atom stereocenters. The Balaban J connectivity index is 2.26. The van der Waals surface area contributed by atoms with E-state index in [4.69, 9.17) is 22.4 Å². The third-order valence-electron chi connectivity index (χ3n) is 3.23. The van der Waals surface area contributed by atoms with E-state index in [1.807, 2.05) is 18.2 Å². The topological polar surface area (TPSA) is 50.4 Å². The molecule has 0 unspecified atom stereocenters. The Morgan fingerprint density at radius 2 is 2.06 bits per heavy atom. The Morgan fingerprint density at radius 1 is 1.33 bits per heavy atom. The second kappa shape index (κ2) is 6.55. The summed E-state index contributed by atoms with van der Waals surface area (Å²) in [4.78, 5) is 4.70. The van der Waals surface area contributed by atoms with Crippen molar-refractivity contribution in [3.05, 3.63) is 33.3 Å². The number of hydrazine groups is 1. The summed E-state index contributed by atoms with van der Waals surface area (Å²) in [5.74, 6) is 6.26. The molecule has 2 rings (SSSR count). The number of halogens is 2. The van der Waals surface area contributed by atoms with Crippen molar-refractivity contribution in [2.24, 2.45) is 10.8 Å². The summed E-state index contributed by atoms with van der Waals surface area (Å²) in [6.07, 6.45) is 6.08. The molecule has 0 radical (unpaired) electrons. The highest BCUT2D eigenvalue weighted by molar-refractivity contribution is 9.10. The molecular weight excluding hydrogens is 314 g/mol. The fourth-order valence-corrected chi connectivity index (χ4v) is 2.85. The van der Waals surface area contributed by atoms with E-state index in [0.717, 1.165) is 22.9 Å². The first-order valence-electron chi connectivity index (χ1n) is 6.21. The lowest BCUT2D eigenvalue weighted by atomic mass is 9.96. The Hall–Kier alpha value is -0.580. The van der Waals surface area contributed by atoms with Crippen molar-refractivity contribution in [2.75, 3.05) is 0 Å². The van der Waals surface area contributed by atoms with E-state index in [1.54, 1.807) is 0 Å². The second-order valence-electron chi connectivity index (χ2n) is 4.52. The molecule has 3 nitrogen and oxygen atoms in total. The van der Waals surface area contributed by atoms with Crippen LogP contribution < -0.4 is 11.3 Å². The highest BCUT2D eigenvalue weighted by Crippen LogP contribution is 2.27. The van der Waals surface area contributed by atoms with Gasteiger partial charge in [-0.1, -0.05) is 36.9 Å². The highest BCUT2D eigenvalue weighted by Gasteiger charge is 2.15. The van der Waals surface area contributed by atoms with Crippen molar-refractivity contribution in [2.45, 2.75) is 38.1 Å². The van der Waals surface area contributed by atoms with Gasteiger partial charge in [0.25, 0.3) is 0 Å². The van der Waals surface area contributed by atoms with E-state index in [-0.39, 0.29) is 0 Å². The highest BCUT2D eigenvalue weighted by atomic mass is 79.9. The van der Waals surface area contributed by atoms with Gasteiger partial charge in [0.15, 0.2) is 0 Å². The number of nitrogens with zero attached hydrogens (tertiary/aromatic N) is 1. The molecule has 0 amide bonds. The van der Waals surface area contributed by atoms with Gasteiger partial charge >= 0.3 is 0 Å². The van der Waals surface area contributed by atoms with Gasteiger partial charge in [0.05, 0.1) is 11.1 Å². The minimum absolute atomic E-state index is 0.361. The number of benzene rings is 1. The Bertz CT molecular complexity index is 442. The molecule has 0 heterocycles.